The number of para-hydroxylation sites is 2. The van der Waals surface area contributed by atoms with Crippen molar-refractivity contribution in [2.45, 2.75) is 18.9 Å². The standard InChI is InChI=1S/C25H21NO6/c1-15(24(27)26-16-10-11-21-22(14-16)30-13-12-29-21)31-25(28)23-17-6-2-4-8-19(17)32-20-9-5-3-7-18(20)23/h2-11,14-15,23H,12-13H2,1H3,(H,26,27)/t15-/m0/s1. The third-order valence-electron chi connectivity index (χ3n) is 5.39. The maximum Gasteiger partial charge on any atom is 0.318 e. The van der Waals surface area contributed by atoms with Gasteiger partial charge in [-0.3, -0.25) is 9.59 Å². The van der Waals surface area contributed by atoms with Gasteiger partial charge in [0.25, 0.3) is 5.91 Å². The van der Waals surface area contributed by atoms with E-state index in [1.807, 2.05) is 48.5 Å². The van der Waals surface area contributed by atoms with Crippen molar-refractivity contribution in [3.8, 4) is 23.0 Å². The molecule has 0 unspecified atom stereocenters. The summed E-state index contributed by atoms with van der Waals surface area (Å²) in [6.45, 7) is 2.49. The second kappa shape index (κ2) is 8.26. The number of fused-ring (bicyclic) bond motifs is 3. The largest absolute Gasteiger partial charge is 0.486 e. The van der Waals surface area contributed by atoms with Gasteiger partial charge in [-0.25, -0.2) is 0 Å². The minimum absolute atomic E-state index is 0.441. The van der Waals surface area contributed by atoms with Crippen LogP contribution in [0.2, 0.25) is 0 Å². The van der Waals surface area contributed by atoms with Crippen molar-refractivity contribution in [2.24, 2.45) is 0 Å². The molecule has 2 aliphatic heterocycles. The van der Waals surface area contributed by atoms with Crippen LogP contribution in [0, 0.1) is 0 Å². The van der Waals surface area contributed by atoms with Crippen LogP contribution in [-0.2, 0) is 14.3 Å². The molecule has 3 aromatic carbocycles. The van der Waals surface area contributed by atoms with E-state index in [1.165, 1.54) is 0 Å². The molecule has 0 aromatic heterocycles. The molecule has 162 valence electrons. The number of amides is 1. The molecule has 0 fully saturated rings. The van der Waals surface area contributed by atoms with E-state index >= 15 is 0 Å². The fourth-order valence-electron chi connectivity index (χ4n) is 3.82. The van der Waals surface area contributed by atoms with Gasteiger partial charge in [0.2, 0.25) is 0 Å². The molecule has 1 atom stereocenters. The number of hydrogen-bond acceptors (Lipinski definition) is 6. The maximum absolute atomic E-state index is 13.2. The fourth-order valence-corrected chi connectivity index (χ4v) is 3.82. The highest BCUT2D eigenvalue weighted by molar-refractivity contribution is 5.96. The molecule has 3 aromatic rings. The van der Waals surface area contributed by atoms with Crippen molar-refractivity contribution < 1.29 is 28.5 Å². The SMILES string of the molecule is C[C@H](OC(=O)C1c2ccccc2Oc2ccccc21)C(=O)Nc1ccc2c(c1)OCCO2. The van der Waals surface area contributed by atoms with Crippen LogP contribution in [0.25, 0.3) is 0 Å². The minimum atomic E-state index is -1.00. The van der Waals surface area contributed by atoms with Crippen LogP contribution in [0.4, 0.5) is 5.69 Å². The van der Waals surface area contributed by atoms with Crippen LogP contribution in [0.15, 0.2) is 66.7 Å². The van der Waals surface area contributed by atoms with E-state index in [9.17, 15) is 9.59 Å². The summed E-state index contributed by atoms with van der Waals surface area (Å²) in [6.07, 6.45) is -1.00. The molecule has 2 heterocycles. The molecule has 0 saturated heterocycles. The van der Waals surface area contributed by atoms with Gasteiger partial charge >= 0.3 is 5.97 Å². The Kier molecular flexibility index (Phi) is 5.15. The van der Waals surface area contributed by atoms with Crippen molar-refractivity contribution >= 4 is 17.6 Å². The molecule has 2 aliphatic rings. The zero-order valence-electron chi connectivity index (χ0n) is 17.4. The number of anilines is 1. The van der Waals surface area contributed by atoms with Crippen molar-refractivity contribution in [1.29, 1.82) is 0 Å². The molecule has 5 rings (SSSR count). The number of hydrogen-bond donors (Lipinski definition) is 1. The van der Waals surface area contributed by atoms with Crippen molar-refractivity contribution in [2.75, 3.05) is 18.5 Å². The van der Waals surface area contributed by atoms with Gasteiger partial charge in [-0.15, -0.1) is 0 Å². The molecule has 7 heteroatoms. The number of ether oxygens (including phenoxy) is 4. The van der Waals surface area contributed by atoms with Crippen molar-refractivity contribution in [1.82, 2.24) is 0 Å². The number of benzene rings is 3. The average molecular weight is 431 g/mol. The molecule has 32 heavy (non-hydrogen) atoms. The monoisotopic (exact) mass is 431 g/mol. The molecule has 0 spiro atoms. The van der Waals surface area contributed by atoms with E-state index in [0.29, 0.717) is 53.0 Å². The lowest BCUT2D eigenvalue weighted by Crippen LogP contribution is -2.32. The fraction of sp³-hybridized carbons (Fsp3) is 0.200. The van der Waals surface area contributed by atoms with Crippen LogP contribution in [0.1, 0.15) is 24.0 Å². The molecule has 0 aliphatic carbocycles. The van der Waals surface area contributed by atoms with Crippen LogP contribution < -0.4 is 19.5 Å². The van der Waals surface area contributed by atoms with E-state index in [2.05, 4.69) is 5.32 Å². The molecule has 0 saturated carbocycles. The molecule has 1 amide bonds. The van der Waals surface area contributed by atoms with Gasteiger partial charge in [0.05, 0.1) is 0 Å². The second-order valence-corrected chi connectivity index (χ2v) is 7.54. The predicted octanol–water partition coefficient (Wildman–Crippen LogP) is 4.27. The van der Waals surface area contributed by atoms with Crippen LogP contribution in [-0.4, -0.2) is 31.2 Å². The van der Waals surface area contributed by atoms with Crippen LogP contribution in [0.3, 0.4) is 0 Å². The molecule has 7 nitrogen and oxygen atoms in total. The van der Waals surface area contributed by atoms with E-state index < -0.39 is 23.9 Å². The quantitative estimate of drug-likeness (QED) is 0.622. The molecule has 0 radical (unpaired) electrons. The minimum Gasteiger partial charge on any atom is -0.486 e. The van der Waals surface area contributed by atoms with Gasteiger partial charge in [-0.2, -0.15) is 0 Å². The van der Waals surface area contributed by atoms with Gasteiger partial charge in [0.15, 0.2) is 17.6 Å². The van der Waals surface area contributed by atoms with E-state index in [-0.39, 0.29) is 0 Å². The zero-order valence-corrected chi connectivity index (χ0v) is 17.4. The Labute approximate surface area is 184 Å². The van der Waals surface area contributed by atoms with Crippen molar-refractivity contribution in [3.63, 3.8) is 0 Å². The lowest BCUT2D eigenvalue weighted by molar-refractivity contribution is -0.153. The van der Waals surface area contributed by atoms with Gasteiger partial charge < -0.3 is 24.3 Å². The average Bonchev–Trinajstić information content (AvgIpc) is 2.82. The van der Waals surface area contributed by atoms with Crippen LogP contribution >= 0.6 is 0 Å². The van der Waals surface area contributed by atoms with E-state index in [1.54, 1.807) is 25.1 Å². The van der Waals surface area contributed by atoms with Gasteiger partial charge in [0, 0.05) is 22.9 Å². The maximum atomic E-state index is 13.2. The van der Waals surface area contributed by atoms with Crippen LogP contribution in [0.5, 0.6) is 23.0 Å². The summed E-state index contributed by atoms with van der Waals surface area (Å²) in [4.78, 5) is 25.9. The highest BCUT2D eigenvalue weighted by Gasteiger charge is 2.35. The van der Waals surface area contributed by atoms with Crippen molar-refractivity contribution in [3.05, 3.63) is 77.9 Å². The third-order valence-corrected chi connectivity index (χ3v) is 5.39. The Bertz CT molecular complexity index is 1150. The number of carbonyl (C=O) groups excluding carboxylic acids is 2. The summed E-state index contributed by atoms with van der Waals surface area (Å²) in [6, 6.07) is 19.8. The summed E-state index contributed by atoms with van der Waals surface area (Å²) in [5.74, 6) is 0.755. The Hall–Kier alpha value is -4.00. The van der Waals surface area contributed by atoms with E-state index in [4.69, 9.17) is 18.9 Å². The topological polar surface area (TPSA) is 83.1 Å². The Balaban J connectivity index is 1.32. The Morgan fingerprint density at radius 1 is 0.875 bits per heavy atom. The third kappa shape index (κ3) is 3.73. The summed E-state index contributed by atoms with van der Waals surface area (Å²) in [5, 5.41) is 2.76. The Morgan fingerprint density at radius 3 is 2.19 bits per heavy atom. The Morgan fingerprint density at radius 2 is 1.50 bits per heavy atom. The summed E-state index contributed by atoms with van der Waals surface area (Å²) in [7, 11) is 0. The smallest absolute Gasteiger partial charge is 0.318 e. The van der Waals surface area contributed by atoms with Gasteiger partial charge in [-0.05, 0) is 31.2 Å². The lowest BCUT2D eigenvalue weighted by Gasteiger charge is -2.27. The summed E-state index contributed by atoms with van der Waals surface area (Å²) >= 11 is 0. The second-order valence-electron chi connectivity index (χ2n) is 7.54. The number of esters is 1. The highest BCUT2D eigenvalue weighted by Crippen LogP contribution is 2.44. The number of rotatable bonds is 4. The first-order valence-corrected chi connectivity index (χ1v) is 10.4. The molecular weight excluding hydrogens is 410 g/mol. The van der Waals surface area contributed by atoms with Gasteiger partial charge in [-0.1, -0.05) is 36.4 Å². The molecular formula is C25H21NO6. The first-order chi connectivity index (χ1) is 15.6. The summed E-state index contributed by atoms with van der Waals surface area (Å²) < 4.78 is 22.5. The number of carbonyl (C=O) groups is 2. The number of nitrogens with one attached hydrogen (secondary N) is 1. The predicted molar refractivity (Wildman–Crippen MR) is 116 cm³/mol. The molecule has 1 N–H and O–H groups in total. The van der Waals surface area contributed by atoms with E-state index in [0.717, 1.165) is 0 Å². The highest BCUT2D eigenvalue weighted by atomic mass is 16.6. The first kappa shape index (κ1) is 19.9. The molecule has 0 bridgehead atoms. The normalized spacial score (nSPS) is 14.9. The summed E-state index contributed by atoms with van der Waals surface area (Å²) in [5.41, 5.74) is 1.94. The van der Waals surface area contributed by atoms with Gasteiger partial charge in [0.1, 0.15) is 30.6 Å². The first-order valence-electron chi connectivity index (χ1n) is 10.4. The lowest BCUT2D eigenvalue weighted by atomic mass is 9.88. The zero-order chi connectivity index (χ0) is 22.1.